The fraction of sp³-hybridized carbons (Fsp3) is 0.133. The highest BCUT2D eigenvalue weighted by atomic mass is 35.5. The smallest absolute Gasteiger partial charge is 0.177 e. The van der Waals surface area contributed by atoms with Gasteiger partial charge in [0.1, 0.15) is 12.0 Å². The molecule has 0 spiro atoms. The molecule has 0 bridgehead atoms. The van der Waals surface area contributed by atoms with Crippen molar-refractivity contribution >= 4 is 27.4 Å². The van der Waals surface area contributed by atoms with Crippen molar-refractivity contribution in [3.63, 3.8) is 0 Å². The van der Waals surface area contributed by atoms with E-state index in [1.54, 1.807) is 22.8 Å². The lowest BCUT2D eigenvalue weighted by Crippen LogP contribution is -2.26. The van der Waals surface area contributed by atoms with Gasteiger partial charge in [-0.05, 0) is 17.7 Å². The third-order valence-electron chi connectivity index (χ3n) is 3.38. The number of halogens is 1. The Morgan fingerprint density at radius 2 is 1.82 bits per heavy atom. The molecule has 7 heteroatoms. The summed E-state index contributed by atoms with van der Waals surface area (Å²) < 4.78 is 24.6. The van der Waals surface area contributed by atoms with E-state index in [1.165, 1.54) is 6.20 Å². The van der Waals surface area contributed by atoms with E-state index in [1.807, 2.05) is 41.4 Å². The van der Waals surface area contributed by atoms with Crippen molar-refractivity contribution in [1.82, 2.24) is 9.40 Å². The molecule has 2 heterocycles. The van der Waals surface area contributed by atoms with Gasteiger partial charge in [0.2, 0.25) is 0 Å². The second kappa shape index (κ2) is 5.62. The molecule has 1 aliphatic heterocycles. The Bertz CT molecular complexity index is 791. The summed E-state index contributed by atoms with van der Waals surface area (Å²) in [7, 11) is -3.26. The Morgan fingerprint density at radius 3 is 2.41 bits per heavy atom. The first-order chi connectivity index (χ1) is 10.5. The van der Waals surface area contributed by atoms with Crippen LogP contribution < -0.4 is 4.90 Å². The lowest BCUT2D eigenvalue weighted by molar-refractivity contribution is 0.479. The normalized spacial score (nSPS) is 18.0. The molecule has 1 aliphatic rings. The highest BCUT2D eigenvalue weighted by Crippen LogP contribution is 2.35. The van der Waals surface area contributed by atoms with E-state index < -0.39 is 9.84 Å². The molecule has 1 atom stereocenters. The zero-order valence-corrected chi connectivity index (χ0v) is 13.4. The van der Waals surface area contributed by atoms with Crippen LogP contribution in [0.25, 0.3) is 0 Å². The molecule has 1 aromatic heterocycles. The zero-order valence-electron chi connectivity index (χ0n) is 11.8. The van der Waals surface area contributed by atoms with Crippen molar-refractivity contribution in [3.8, 4) is 0 Å². The Labute approximate surface area is 134 Å². The van der Waals surface area contributed by atoms with E-state index in [2.05, 4.69) is 4.98 Å². The van der Waals surface area contributed by atoms with Crippen LogP contribution in [0.5, 0.6) is 0 Å². The molecule has 3 rings (SSSR count). The van der Waals surface area contributed by atoms with Crippen molar-refractivity contribution in [1.29, 1.82) is 0 Å². The molecule has 0 aliphatic carbocycles. The standard InChI is InChI=1S/C15H14ClN3O2S/c1-22(20,21)13-7-8-14(17-11-13)18-9-10-19(16)15(18)12-5-3-2-4-6-12/h2-11,15H,1H3. The summed E-state index contributed by atoms with van der Waals surface area (Å²) in [6, 6.07) is 13.0. The lowest BCUT2D eigenvalue weighted by atomic mass is 10.1. The first-order valence-electron chi connectivity index (χ1n) is 6.58. The second-order valence-corrected chi connectivity index (χ2v) is 7.36. The Morgan fingerprint density at radius 1 is 1.09 bits per heavy atom. The SMILES string of the molecule is CS(=O)(=O)c1ccc(N2C=CN(Cl)C2c2ccccc2)nc1. The van der Waals surface area contributed by atoms with Crippen molar-refractivity contribution < 1.29 is 8.42 Å². The molecule has 1 aromatic carbocycles. The van der Waals surface area contributed by atoms with E-state index in [4.69, 9.17) is 11.8 Å². The topological polar surface area (TPSA) is 53.5 Å². The van der Waals surface area contributed by atoms with Crippen LogP contribution in [0.1, 0.15) is 11.7 Å². The largest absolute Gasteiger partial charge is 0.305 e. The van der Waals surface area contributed by atoms with Crippen LogP contribution in [-0.4, -0.2) is 24.1 Å². The van der Waals surface area contributed by atoms with E-state index in [9.17, 15) is 8.42 Å². The van der Waals surface area contributed by atoms with Gasteiger partial charge in [-0.1, -0.05) is 30.3 Å². The first-order valence-corrected chi connectivity index (χ1v) is 8.81. The number of hydrogen-bond donors (Lipinski definition) is 0. The van der Waals surface area contributed by atoms with Crippen LogP contribution in [0.4, 0.5) is 5.82 Å². The molecule has 0 saturated carbocycles. The Balaban J connectivity index is 1.95. The maximum Gasteiger partial charge on any atom is 0.177 e. The quantitative estimate of drug-likeness (QED) is 0.807. The molecule has 2 aromatic rings. The summed E-state index contributed by atoms with van der Waals surface area (Å²) in [5.74, 6) is 0.626. The van der Waals surface area contributed by atoms with Crippen LogP contribution in [0.3, 0.4) is 0 Å². The van der Waals surface area contributed by atoms with Gasteiger partial charge in [0.05, 0.1) is 4.90 Å². The summed E-state index contributed by atoms with van der Waals surface area (Å²) in [5, 5.41) is 0. The van der Waals surface area contributed by atoms with Gasteiger partial charge < -0.3 is 4.90 Å². The maximum atomic E-state index is 11.5. The molecule has 0 fully saturated rings. The highest BCUT2D eigenvalue weighted by Gasteiger charge is 2.28. The van der Waals surface area contributed by atoms with Crippen molar-refractivity contribution in [2.24, 2.45) is 0 Å². The summed E-state index contributed by atoms with van der Waals surface area (Å²) in [4.78, 5) is 6.32. The van der Waals surface area contributed by atoms with Gasteiger partial charge in [0.15, 0.2) is 9.84 Å². The Kier molecular flexibility index (Phi) is 3.80. The number of anilines is 1. The molecular weight excluding hydrogens is 322 g/mol. The summed E-state index contributed by atoms with van der Waals surface area (Å²) >= 11 is 6.24. The van der Waals surface area contributed by atoms with Crippen molar-refractivity contribution in [2.45, 2.75) is 11.1 Å². The van der Waals surface area contributed by atoms with E-state index in [0.29, 0.717) is 5.82 Å². The second-order valence-electron chi connectivity index (χ2n) is 4.96. The van der Waals surface area contributed by atoms with Gasteiger partial charge in [0, 0.05) is 36.6 Å². The van der Waals surface area contributed by atoms with Gasteiger partial charge in [-0.15, -0.1) is 0 Å². The van der Waals surface area contributed by atoms with Crippen LogP contribution in [0.2, 0.25) is 0 Å². The monoisotopic (exact) mass is 335 g/mol. The minimum atomic E-state index is -3.26. The number of rotatable bonds is 3. The lowest BCUT2D eigenvalue weighted by Gasteiger charge is -2.28. The summed E-state index contributed by atoms with van der Waals surface area (Å²) in [6.45, 7) is 0. The molecule has 1 unspecified atom stereocenters. The highest BCUT2D eigenvalue weighted by molar-refractivity contribution is 7.90. The molecular formula is C15H14ClN3O2S. The van der Waals surface area contributed by atoms with Gasteiger partial charge in [-0.3, -0.25) is 4.42 Å². The summed E-state index contributed by atoms with van der Waals surface area (Å²) in [6.07, 6.45) is 5.85. The molecule has 0 radical (unpaired) electrons. The predicted molar refractivity (Wildman–Crippen MR) is 85.8 cm³/mol. The minimum Gasteiger partial charge on any atom is -0.305 e. The van der Waals surface area contributed by atoms with Gasteiger partial charge in [-0.2, -0.15) is 0 Å². The van der Waals surface area contributed by atoms with Crippen LogP contribution in [0.15, 0.2) is 66.0 Å². The third-order valence-corrected chi connectivity index (χ3v) is 4.77. The van der Waals surface area contributed by atoms with Gasteiger partial charge in [-0.25, -0.2) is 13.4 Å². The molecule has 0 N–H and O–H groups in total. The third kappa shape index (κ3) is 2.80. The predicted octanol–water partition coefficient (Wildman–Crippen LogP) is 2.93. The zero-order chi connectivity index (χ0) is 15.7. The van der Waals surface area contributed by atoms with Gasteiger partial charge >= 0.3 is 0 Å². The van der Waals surface area contributed by atoms with Gasteiger partial charge in [0.25, 0.3) is 0 Å². The van der Waals surface area contributed by atoms with E-state index in [0.717, 1.165) is 11.8 Å². The molecule has 114 valence electrons. The van der Waals surface area contributed by atoms with E-state index >= 15 is 0 Å². The van der Waals surface area contributed by atoms with E-state index in [-0.39, 0.29) is 11.1 Å². The number of aromatic nitrogens is 1. The number of pyridine rings is 1. The molecule has 5 nitrogen and oxygen atoms in total. The average molecular weight is 336 g/mol. The summed E-state index contributed by atoms with van der Waals surface area (Å²) in [5.41, 5.74) is 1.01. The fourth-order valence-electron chi connectivity index (χ4n) is 2.29. The maximum absolute atomic E-state index is 11.5. The first kappa shape index (κ1) is 14.9. The fourth-order valence-corrected chi connectivity index (χ4v) is 3.11. The number of benzene rings is 1. The number of nitrogens with zero attached hydrogens (tertiary/aromatic N) is 3. The Hall–Kier alpha value is -2.05. The van der Waals surface area contributed by atoms with Crippen LogP contribution in [-0.2, 0) is 9.84 Å². The van der Waals surface area contributed by atoms with Crippen molar-refractivity contribution in [3.05, 3.63) is 66.6 Å². The van der Waals surface area contributed by atoms with Crippen LogP contribution in [0, 0.1) is 0 Å². The number of sulfone groups is 1. The van der Waals surface area contributed by atoms with Crippen LogP contribution >= 0.6 is 11.8 Å². The molecule has 0 saturated heterocycles. The van der Waals surface area contributed by atoms with Crippen molar-refractivity contribution in [2.75, 3.05) is 11.2 Å². The number of hydrogen-bond acceptors (Lipinski definition) is 5. The minimum absolute atomic E-state index is 0.193. The molecule has 0 amide bonds. The molecule has 22 heavy (non-hydrogen) atoms. The average Bonchev–Trinajstić information content (AvgIpc) is 2.89.